The van der Waals surface area contributed by atoms with Crippen molar-refractivity contribution in [3.8, 4) is 5.75 Å². The lowest BCUT2D eigenvalue weighted by molar-refractivity contribution is -0.231. The summed E-state index contributed by atoms with van der Waals surface area (Å²) in [6.07, 6.45) is -1.44. The number of carbonyl (C=O) groups is 2. The normalized spacial score (nSPS) is 26.6. The Balaban J connectivity index is 1.77. The third kappa shape index (κ3) is 3.46. The zero-order chi connectivity index (χ0) is 18.0. The molecule has 8 nitrogen and oxygen atoms in total. The van der Waals surface area contributed by atoms with Gasteiger partial charge in [0.05, 0.1) is 20.3 Å². The summed E-state index contributed by atoms with van der Waals surface area (Å²) < 4.78 is 15.8. The van der Waals surface area contributed by atoms with Gasteiger partial charge in [0.1, 0.15) is 24.4 Å². The average Bonchev–Trinajstić information content (AvgIpc) is 2.65. The minimum atomic E-state index is -0.823. The van der Waals surface area contributed by atoms with Gasteiger partial charge in [0.15, 0.2) is 6.29 Å². The minimum Gasteiger partial charge on any atom is -0.497 e. The monoisotopic (exact) mass is 350 g/mol. The van der Waals surface area contributed by atoms with Gasteiger partial charge in [-0.05, 0) is 17.7 Å². The molecule has 3 rings (SSSR count). The van der Waals surface area contributed by atoms with E-state index in [1.54, 1.807) is 19.2 Å². The topological polar surface area (TPSA) is 88.5 Å². The first-order valence-electron chi connectivity index (χ1n) is 8.07. The fourth-order valence-electron chi connectivity index (χ4n) is 3.21. The standard InChI is InChI=1S/C17H22N2O6/c1-23-12-5-3-11(4-6-12)7-18-8-14(21)19-9-15(24-2)25-13(10-20)16(19)17(18)22/h3-6,13,15-16,20H,7-10H2,1-2H3/t13-,15?,16-/m0/s1. The fourth-order valence-corrected chi connectivity index (χ4v) is 3.21. The molecule has 1 aromatic carbocycles. The Morgan fingerprint density at radius 2 is 1.96 bits per heavy atom. The van der Waals surface area contributed by atoms with Crippen LogP contribution in [0.5, 0.6) is 5.75 Å². The molecule has 2 heterocycles. The first kappa shape index (κ1) is 17.7. The Hall–Kier alpha value is -2.16. The highest BCUT2D eigenvalue weighted by atomic mass is 16.7. The third-order valence-electron chi connectivity index (χ3n) is 4.55. The number of piperazine rings is 1. The molecule has 2 saturated heterocycles. The molecule has 2 amide bonds. The predicted molar refractivity (Wildman–Crippen MR) is 86.7 cm³/mol. The molecule has 1 unspecified atom stereocenters. The molecule has 1 N–H and O–H groups in total. The van der Waals surface area contributed by atoms with Gasteiger partial charge in [-0.1, -0.05) is 12.1 Å². The van der Waals surface area contributed by atoms with Crippen LogP contribution in [-0.4, -0.2) is 79.1 Å². The van der Waals surface area contributed by atoms with Crippen LogP contribution in [0.2, 0.25) is 0 Å². The quantitative estimate of drug-likeness (QED) is 0.777. The van der Waals surface area contributed by atoms with E-state index >= 15 is 0 Å². The van der Waals surface area contributed by atoms with Crippen molar-refractivity contribution in [2.75, 3.05) is 33.9 Å². The number of rotatable bonds is 5. The van der Waals surface area contributed by atoms with Crippen LogP contribution in [0.15, 0.2) is 24.3 Å². The number of methoxy groups -OCH3 is 2. The highest BCUT2D eigenvalue weighted by Gasteiger charge is 2.48. The number of ether oxygens (including phenoxy) is 3. The number of carbonyl (C=O) groups excluding carboxylic acids is 2. The SMILES string of the molecule is COc1ccc(CN2CC(=O)N3CC(OC)O[C@@H](CO)[C@H]3C2=O)cc1. The van der Waals surface area contributed by atoms with E-state index in [2.05, 4.69) is 0 Å². The Morgan fingerprint density at radius 1 is 1.24 bits per heavy atom. The number of hydrogen-bond donors (Lipinski definition) is 1. The summed E-state index contributed by atoms with van der Waals surface area (Å²) in [6.45, 7) is 0.121. The van der Waals surface area contributed by atoms with Gasteiger partial charge in [-0.3, -0.25) is 9.59 Å². The second-order valence-electron chi connectivity index (χ2n) is 6.06. The van der Waals surface area contributed by atoms with E-state index in [4.69, 9.17) is 14.2 Å². The molecule has 0 aromatic heterocycles. The maximum absolute atomic E-state index is 12.9. The first-order valence-corrected chi connectivity index (χ1v) is 8.07. The lowest BCUT2D eigenvalue weighted by Crippen LogP contribution is -2.69. The Morgan fingerprint density at radius 3 is 2.56 bits per heavy atom. The lowest BCUT2D eigenvalue weighted by atomic mass is 10.0. The second kappa shape index (κ2) is 7.38. The number of nitrogens with zero attached hydrogens (tertiary/aromatic N) is 2. The number of amides is 2. The summed E-state index contributed by atoms with van der Waals surface area (Å²) >= 11 is 0. The number of benzene rings is 1. The van der Waals surface area contributed by atoms with Crippen LogP contribution in [0.3, 0.4) is 0 Å². The zero-order valence-electron chi connectivity index (χ0n) is 14.3. The van der Waals surface area contributed by atoms with Crippen LogP contribution in [-0.2, 0) is 25.6 Å². The molecule has 2 aliphatic heterocycles. The molecule has 1 aromatic rings. The highest BCUT2D eigenvalue weighted by molar-refractivity contribution is 5.95. The van der Waals surface area contributed by atoms with Crippen molar-refractivity contribution < 1.29 is 28.9 Å². The van der Waals surface area contributed by atoms with E-state index in [-0.39, 0.29) is 31.5 Å². The molecule has 0 saturated carbocycles. The van der Waals surface area contributed by atoms with Crippen LogP contribution < -0.4 is 4.74 Å². The van der Waals surface area contributed by atoms with Gasteiger partial charge >= 0.3 is 0 Å². The molecule has 8 heteroatoms. The fraction of sp³-hybridized carbons (Fsp3) is 0.529. The van der Waals surface area contributed by atoms with Crippen molar-refractivity contribution in [2.24, 2.45) is 0 Å². The molecular formula is C17H22N2O6. The number of aliphatic hydroxyl groups is 1. The van der Waals surface area contributed by atoms with Gasteiger partial charge in [0.2, 0.25) is 11.8 Å². The highest BCUT2D eigenvalue weighted by Crippen LogP contribution is 2.25. The van der Waals surface area contributed by atoms with Gasteiger partial charge < -0.3 is 29.1 Å². The molecule has 3 atom stereocenters. The van der Waals surface area contributed by atoms with E-state index in [0.29, 0.717) is 6.54 Å². The lowest BCUT2D eigenvalue weighted by Gasteiger charge is -2.47. The van der Waals surface area contributed by atoms with Crippen LogP contribution in [0.4, 0.5) is 0 Å². The summed E-state index contributed by atoms with van der Waals surface area (Å²) in [7, 11) is 3.05. The molecule has 2 aliphatic rings. The average molecular weight is 350 g/mol. The van der Waals surface area contributed by atoms with Gasteiger partial charge in [0, 0.05) is 13.7 Å². The molecule has 2 fully saturated rings. The van der Waals surface area contributed by atoms with Crippen molar-refractivity contribution in [3.63, 3.8) is 0 Å². The predicted octanol–water partition coefficient (Wildman–Crippen LogP) is -0.402. The van der Waals surface area contributed by atoms with Gasteiger partial charge in [-0.2, -0.15) is 0 Å². The third-order valence-corrected chi connectivity index (χ3v) is 4.55. The van der Waals surface area contributed by atoms with E-state index < -0.39 is 18.4 Å². The van der Waals surface area contributed by atoms with E-state index in [9.17, 15) is 14.7 Å². The van der Waals surface area contributed by atoms with Gasteiger partial charge in [-0.15, -0.1) is 0 Å². The van der Waals surface area contributed by atoms with Gasteiger partial charge in [0.25, 0.3) is 0 Å². The van der Waals surface area contributed by atoms with Crippen LogP contribution >= 0.6 is 0 Å². The van der Waals surface area contributed by atoms with Crippen LogP contribution in [0.25, 0.3) is 0 Å². The van der Waals surface area contributed by atoms with Crippen LogP contribution in [0, 0.1) is 0 Å². The Bertz CT molecular complexity index is 635. The summed E-state index contributed by atoms with van der Waals surface area (Å²) in [5.41, 5.74) is 0.891. The number of morpholine rings is 1. The smallest absolute Gasteiger partial charge is 0.248 e. The minimum absolute atomic E-state index is 0.00402. The van der Waals surface area contributed by atoms with E-state index in [0.717, 1.165) is 11.3 Å². The van der Waals surface area contributed by atoms with Crippen molar-refractivity contribution in [3.05, 3.63) is 29.8 Å². The number of aliphatic hydroxyl groups excluding tert-OH is 1. The van der Waals surface area contributed by atoms with Crippen molar-refractivity contribution >= 4 is 11.8 Å². The maximum Gasteiger partial charge on any atom is 0.248 e. The summed E-state index contributed by atoms with van der Waals surface area (Å²) in [5.74, 6) is 0.313. The van der Waals surface area contributed by atoms with Crippen molar-refractivity contribution in [1.29, 1.82) is 0 Å². The first-order chi connectivity index (χ1) is 12.1. The Kier molecular flexibility index (Phi) is 5.22. The zero-order valence-corrected chi connectivity index (χ0v) is 14.3. The second-order valence-corrected chi connectivity index (χ2v) is 6.06. The van der Waals surface area contributed by atoms with Crippen molar-refractivity contribution in [1.82, 2.24) is 9.80 Å². The number of fused-ring (bicyclic) bond motifs is 1. The largest absolute Gasteiger partial charge is 0.497 e. The van der Waals surface area contributed by atoms with E-state index in [1.165, 1.54) is 16.9 Å². The summed E-state index contributed by atoms with van der Waals surface area (Å²) in [5, 5.41) is 9.58. The molecule has 0 bridgehead atoms. The molecular weight excluding hydrogens is 328 g/mol. The molecule has 0 spiro atoms. The Labute approximate surface area is 145 Å². The number of hydrogen-bond acceptors (Lipinski definition) is 6. The molecule has 25 heavy (non-hydrogen) atoms. The molecule has 136 valence electrons. The molecule has 0 aliphatic carbocycles. The van der Waals surface area contributed by atoms with Crippen molar-refractivity contribution in [2.45, 2.75) is 25.0 Å². The molecule has 0 radical (unpaired) electrons. The van der Waals surface area contributed by atoms with Gasteiger partial charge in [-0.25, -0.2) is 0 Å². The van der Waals surface area contributed by atoms with Crippen LogP contribution in [0.1, 0.15) is 5.56 Å². The summed E-state index contributed by atoms with van der Waals surface area (Å²) in [4.78, 5) is 28.3. The van der Waals surface area contributed by atoms with E-state index in [1.807, 2.05) is 12.1 Å². The summed E-state index contributed by atoms with van der Waals surface area (Å²) in [6, 6.07) is 6.49. The maximum atomic E-state index is 12.9.